The lowest BCUT2D eigenvalue weighted by Gasteiger charge is -2.16. The van der Waals surface area contributed by atoms with Crippen LogP contribution in [0.4, 0.5) is 4.39 Å². The molecule has 0 unspecified atom stereocenters. The second kappa shape index (κ2) is 4.29. The van der Waals surface area contributed by atoms with Crippen LogP contribution >= 0.6 is 0 Å². The molecule has 0 bridgehead atoms. The molecule has 1 saturated heterocycles. The number of benzene rings is 1. The summed E-state index contributed by atoms with van der Waals surface area (Å²) in [6, 6.07) is 4.87. The first-order valence-corrected chi connectivity index (χ1v) is 5.30. The van der Waals surface area contributed by atoms with Gasteiger partial charge in [-0.05, 0) is 36.6 Å². The molecule has 1 fully saturated rings. The fourth-order valence-electron chi connectivity index (χ4n) is 2.01. The van der Waals surface area contributed by atoms with E-state index in [1.165, 1.54) is 6.07 Å². The van der Waals surface area contributed by atoms with Crippen LogP contribution in [0.3, 0.4) is 0 Å². The molecule has 82 valence electrons. The van der Waals surface area contributed by atoms with Crippen LogP contribution in [-0.4, -0.2) is 29.2 Å². The zero-order valence-corrected chi connectivity index (χ0v) is 8.91. The maximum absolute atomic E-state index is 13.0. The minimum Gasteiger partial charge on any atom is -0.392 e. The highest BCUT2D eigenvalue weighted by Gasteiger charge is 2.20. The van der Waals surface area contributed by atoms with Gasteiger partial charge in [-0.15, -0.1) is 0 Å². The van der Waals surface area contributed by atoms with Gasteiger partial charge in [0.2, 0.25) is 0 Å². The van der Waals surface area contributed by atoms with Crippen molar-refractivity contribution in [1.29, 1.82) is 0 Å². The van der Waals surface area contributed by atoms with Crippen LogP contribution in [0, 0.1) is 12.7 Å². The first kappa shape index (κ1) is 10.6. The molecule has 0 radical (unpaired) electrons. The molecule has 1 aliphatic heterocycles. The zero-order chi connectivity index (χ0) is 10.8. The van der Waals surface area contributed by atoms with E-state index in [1.807, 2.05) is 6.92 Å². The molecule has 2 rings (SSSR count). The van der Waals surface area contributed by atoms with Gasteiger partial charge >= 0.3 is 0 Å². The van der Waals surface area contributed by atoms with E-state index in [0.29, 0.717) is 6.54 Å². The molecule has 1 atom stereocenters. The first-order valence-electron chi connectivity index (χ1n) is 5.30. The van der Waals surface area contributed by atoms with Crippen molar-refractivity contribution in [2.75, 3.05) is 13.1 Å². The third kappa shape index (κ3) is 2.55. The molecular formula is C12H16FNO. The molecule has 1 aromatic rings. The van der Waals surface area contributed by atoms with Gasteiger partial charge in [0.15, 0.2) is 0 Å². The summed E-state index contributed by atoms with van der Waals surface area (Å²) in [6.07, 6.45) is 0.618. The summed E-state index contributed by atoms with van der Waals surface area (Å²) < 4.78 is 13.0. The van der Waals surface area contributed by atoms with Crippen LogP contribution in [0.25, 0.3) is 0 Å². The van der Waals surface area contributed by atoms with E-state index in [9.17, 15) is 9.50 Å². The molecule has 3 heteroatoms. The Morgan fingerprint density at radius 1 is 1.53 bits per heavy atom. The lowest BCUT2D eigenvalue weighted by atomic mass is 10.1. The monoisotopic (exact) mass is 209 g/mol. The molecule has 2 nitrogen and oxygen atoms in total. The highest BCUT2D eigenvalue weighted by Crippen LogP contribution is 2.16. The molecule has 0 amide bonds. The zero-order valence-electron chi connectivity index (χ0n) is 8.91. The van der Waals surface area contributed by atoms with E-state index in [4.69, 9.17) is 0 Å². The Morgan fingerprint density at radius 3 is 3.00 bits per heavy atom. The fourth-order valence-corrected chi connectivity index (χ4v) is 2.01. The van der Waals surface area contributed by atoms with Crippen molar-refractivity contribution >= 4 is 0 Å². The maximum atomic E-state index is 13.0. The third-order valence-electron chi connectivity index (χ3n) is 2.95. The van der Waals surface area contributed by atoms with Crippen molar-refractivity contribution in [2.45, 2.75) is 26.0 Å². The number of hydrogen-bond donors (Lipinski definition) is 1. The van der Waals surface area contributed by atoms with Gasteiger partial charge in [-0.2, -0.15) is 0 Å². The number of aliphatic hydroxyl groups is 1. The predicted molar refractivity (Wildman–Crippen MR) is 57.0 cm³/mol. The molecule has 0 saturated carbocycles. The highest BCUT2D eigenvalue weighted by atomic mass is 19.1. The Hall–Kier alpha value is -0.930. The standard InChI is InChI=1S/C12H16FNO/c1-9-2-3-11(13)6-10(9)7-14-5-4-12(15)8-14/h2-3,6,12,15H,4-5,7-8H2,1H3/t12-/m1/s1. The highest BCUT2D eigenvalue weighted by molar-refractivity contribution is 5.26. The van der Waals surface area contributed by atoms with Crippen molar-refractivity contribution < 1.29 is 9.50 Å². The van der Waals surface area contributed by atoms with Gasteiger partial charge in [-0.1, -0.05) is 6.07 Å². The number of hydrogen-bond acceptors (Lipinski definition) is 2. The number of β-amino-alcohol motifs (C(OH)–C–C–N with tert-alkyl or cyclic N) is 1. The summed E-state index contributed by atoms with van der Waals surface area (Å²) in [7, 11) is 0. The van der Waals surface area contributed by atoms with Crippen LogP contribution in [0.2, 0.25) is 0 Å². The normalized spacial score (nSPS) is 22.2. The number of rotatable bonds is 2. The Kier molecular flexibility index (Phi) is 3.03. The molecule has 0 aliphatic carbocycles. The average molecular weight is 209 g/mol. The van der Waals surface area contributed by atoms with Crippen molar-refractivity contribution in [3.05, 3.63) is 35.1 Å². The van der Waals surface area contributed by atoms with Crippen molar-refractivity contribution in [1.82, 2.24) is 4.90 Å². The van der Waals surface area contributed by atoms with E-state index in [0.717, 1.165) is 30.6 Å². The molecule has 1 aliphatic rings. The molecule has 1 N–H and O–H groups in total. The summed E-state index contributed by atoms with van der Waals surface area (Å²) in [5.41, 5.74) is 2.13. The Bertz CT molecular complexity index is 353. The molecule has 1 heterocycles. The summed E-state index contributed by atoms with van der Waals surface area (Å²) in [6.45, 7) is 4.33. The summed E-state index contributed by atoms with van der Waals surface area (Å²) in [5, 5.41) is 9.39. The van der Waals surface area contributed by atoms with Crippen LogP contribution in [-0.2, 0) is 6.54 Å². The topological polar surface area (TPSA) is 23.5 Å². The van der Waals surface area contributed by atoms with Crippen LogP contribution in [0.5, 0.6) is 0 Å². The Morgan fingerprint density at radius 2 is 2.33 bits per heavy atom. The van der Waals surface area contributed by atoms with Gasteiger partial charge in [-0.25, -0.2) is 4.39 Å². The van der Waals surface area contributed by atoms with E-state index in [-0.39, 0.29) is 11.9 Å². The van der Waals surface area contributed by atoms with Crippen molar-refractivity contribution in [3.8, 4) is 0 Å². The Labute approximate surface area is 89.3 Å². The number of halogens is 1. The molecular weight excluding hydrogens is 193 g/mol. The van der Waals surface area contributed by atoms with Gasteiger partial charge in [0.25, 0.3) is 0 Å². The first-order chi connectivity index (χ1) is 7.15. The second-order valence-electron chi connectivity index (χ2n) is 4.25. The number of nitrogens with zero attached hydrogens (tertiary/aromatic N) is 1. The average Bonchev–Trinajstić information content (AvgIpc) is 2.58. The molecule has 0 aromatic heterocycles. The summed E-state index contributed by atoms with van der Waals surface area (Å²) in [4.78, 5) is 2.16. The van der Waals surface area contributed by atoms with Crippen LogP contribution < -0.4 is 0 Å². The SMILES string of the molecule is Cc1ccc(F)cc1CN1CC[C@@H](O)C1. The number of likely N-dealkylation sites (tertiary alicyclic amines) is 1. The second-order valence-corrected chi connectivity index (χ2v) is 4.25. The van der Waals surface area contributed by atoms with Gasteiger partial charge in [0, 0.05) is 19.6 Å². The minimum atomic E-state index is -0.209. The largest absolute Gasteiger partial charge is 0.392 e. The van der Waals surface area contributed by atoms with E-state index >= 15 is 0 Å². The van der Waals surface area contributed by atoms with Crippen LogP contribution in [0.1, 0.15) is 17.5 Å². The smallest absolute Gasteiger partial charge is 0.123 e. The predicted octanol–water partition coefficient (Wildman–Crippen LogP) is 1.70. The fraction of sp³-hybridized carbons (Fsp3) is 0.500. The van der Waals surface area contributed by atoms with E-state index < -0.39 is 0 Å². The number of aliphatic hydroxyl groups excluding tert-OH is 1. The maximum Gasteiger partial charge on any atom is 0.123 e. The van der Waals surface area contributed by atoms with Crippen molar-refractivity contribution in [2.24, 2.45) is 0 Å². The quantitative estimate of drug-likeness (QED) is 0.801. The minimum absolute atomic E-state index is 0.185. The lowest BCUT2D eigenvalue weighted by Crippen LogP contribution is -2.22. The summed E-state index contributed by atoms with van der Waals surface area (Å²) >= 11 is 0. The van der Waals surface area contributed by atoms with E-state index in [2.05, 4.69) is 4.90 Å². The van der Waals surface area contributed by atoms with Gasteiger partial charge in [0.1, 0.15) is 5.82 Å². The number of aryl methyl sites for hydroxylation is 1. The van der Waals surface area contributed by atoms with Crippen molar-refractivity contribution in [3.63, 3.8) is 0 Å². The summed E-state index contributed by atoms with van der Waals surface area (Å²) in [5.74, 6) is -0.185. The van der Waals surface area contributed by atoms with Crippen LogP contribution in [0.15, 0.2) is 18.2 Å². The van der Waals surface area contributed by atoms with E-state index in [1.54, 1.807) is 12.1 Å². The van der Waals surface area contributed by atoms with Gasteiger partial charge < -0.3 is 5.11 Å². The van der Waals surface area contributed by atoms with Gasteiger partial charge in [-0.3, -0.25) is 4.90 Å². The molecule has 1 aromatic carbocycles. The Balaban J connectivity index is 2.07. The third-order valence-corrected chi connectivity index (χ3v) is 2.95. The van der Waals surface area contributed by atoms with Gasteiger partial charge in [0.05, 0.1) is 6.10 Å². The molecule has 15 heavy (non-hydrogen) atoms. The molecule has 0 spiro atoms. The lowest BCUT2D eigenvalue weighted by molar-refractivity contribution is 0.174.